The first-order valence-electron chi connectivity index (χ1n) is 5.97. The van der Waals surface area contributed by atoms with Gasteiger partial charge >= 0.3 is 0 Å². The van der Waals surface area contributed by atoms with Crippen molar-refractivity contribution in [1.29, 1.82) is 0 Å². The molecule has 3 nitrogen and oxygen atoms in total. The van der Waals surface area contributed by atoms with Crippen molar-refractivity contribution in [1.82, 2.24) is 10.2 Å². The third kappa shape index (κ3) is 3.34. The molecule has 1 heterocycles. The van der Waals surface area contributed by atoms with Crippen LogP contribution in [0.15, 0.2) is 12.1 Å². The van der Waals surface area contributed by atoms with Crippen molar-refractivity contribution in [3.05, 3.63) is 17.3 Å². The summed E-state index contributed by atoms with van der Waals surface area (Å²) in [5.41, 5.74) is 0. The van der Waals surface area contributed by atoms with Crippen molar-refractivity contribution in [2.45, 2.75) is 32.6 Å². The second-order valence-corrected chi connectivity index (χ2v) is 5.15. The van der Waals surface area contributed by atoms with Crippen LogP contribution in [0.2, 0.25) is 5.15 Å². The van der Waals surface area contributed by atoms with E-state index in [1.54, 1.807) is 6.07 Å². The van der Waals surface area contributed by atoms with E-state index in [1.807, 2.05) is 6.07 Å². The number of nitrogens with one attached hydrogen (secondary N) is 1. The molecular weight excluding hydrogens is 222 g/mol. The molecule has 0 spiro atoms. The topological polar surface area (TPSA) is 37.8 Å². The average Bonchev–Trinajstić information content (AvgIpc) is 2.28. The van der Waals surface area contributed by atoms with Gasteiger partial charge in [-0.15, -0.1) is 10.2 Å². The molecule has 0 bridgehead atoms. The van der Waals surface area contributed by atoms with Crippen molar-refractivity contribution < 1.29 is 0 Å². The van der Waals surface area contributed by atoms with E-state index in [0.717, 1.165) is 24.2 Å². The monoisotopic (exact) mass is 239 g/mol. The fourth-order valence-corrected chi connectivity index (χ4v) is 2.51. The van der Waals surface area contributed by atoms with E-state index in [2.05, 4.69) is 22.4 Å². The van der Waals surface area contributed by atoms with Crippen LogP contribution in [0.4, 0.5) is 5.82 Å². The van der Waals surface area contributed by atoms with Gasteiger partial charge in [-0.3, -0.25) is 0 Å². The van der Waals surface area contributed by atoms with Crippen LogP contribution in [-0.4, -0.2) is 16.7 Å². The summed E-state index contributed by atoms with van der Waals surface area (Å²) >= 11 is 5.68. The third-order valence-electron chi connectivity index (χ3n) is 3.25. The summed E-state index contributed by atoms with van der Waals surface area (Å²) in [5.74, 6) is 2.47. The standard InChI is InChI=1S/C12H18ClN3/c1-9-3-2-4-10(7-9)8-14-12-6-5-11(13)15-16-12/h5-6,9-10H,2-4,7-8H2,1H3,(H,14,16). The summed E-state index contributed by atoms with van der Waals surface area (Å²) in [6.07, 6.45) is 5.41. The fourth-order valence-electron chi connectivity index (χ4n) is 2.40. The summed E-state index contributed by atoms with van der Waals surface area (Å²) in [6, 6.07) is 3.64. The molecule has 0 aliphatic heterocycles. The smallest absolute Gasteiger partial charge is 0.151 e. The van der Waals surface area contributed by atoms with Crippen LogP contribution >= 0.6 is 11.6 Å². The molecular formula is C12H18ClN3. The van der Waals surface area contributed by atoms with Gasteiger partial charge in [0, 0.05) is 6.54 Å². The van der Waals surface area contributed by atoms with E-state index in [0.29, 0.717) is 5.15 Å². The van der Waals surface area contributed by atoms with Gasteiger partial charge in [0.15, 0.2) is 5.15 Å². The molecule has 16 heavy (non-hydrogen) atoms. The van der Waals surface area contributed by atoms with Gasteiger partial charge < -0.3 is 5.32 Å². The lowest BCUT2D eigenvalue weighted by Gasteiger charge is -2.26. The second kappa shape index (κ2) is 5.48. The number of hydrogen-bond donors (Lipinski definition) is 1. The summed E-state index contributed by atoms with van der Waals surface area (Å²) < 4.78 is 0. The Bertz CT molecular complexity index is 326. The zero-order valence-electron chi connectivity index (χ0n) is 9.62. The van der Waals surface area contributed by atoms with Crippen LogP contribution in [0.1, 0.15) is 32.6 Å². The van der Waals surface area contributed by atoms with Crippen LogP contribution in [0.3, 0.4) is 0 Å². The molecule has 0 amide bonds. The van der Waals surface area contributed by atoms with Crippen LogP contribution in [0.5, 0.6) is 0 Å². The molecule has 1 aliphatic carbocycles. The SMILES string of the molecule is CC1CCCC(CNc2ccc(Cl)nn2)C1. The first-order chi connectivity index (χ1) is 7.74. The molecule has 1 aromatic rings. The van der Waals surface area contributed by atoms with Gasteiger partial charge in [-0.05, 0) is 36.8 Å². The molecule has 1 fully saturated rings. The lowest BCUT2D eigenvalue weighted by Crippen LogP contribution is -2.21. The van der Waals surface area contributed by atoms with Gasteiger partial charge in [0.05, 0.1) is 0 Å². The molecule has 2 rings (SSSR count). The summed E-state index contributed by atoms with van der Waals surface area (Å²) in [4.78, 5) is 0. The van der Waals surface area contributed by atoms with Crippen molar-refractivity contribution in [3.63, 3.8) is 0 Å². The Morgan fingerprint density at radius 2 is 2.25 bits per heavy atom. The van der Waals surface area contributed by atoms with Crippen LogP contribution in [0.25, 0.3) is 0 Å². The Morgan fingerprint density at radius 3 is 2.94 bits per heavy atom. The minimum absolute atomic E-state index is 0.442. The zero-order valence-corrected chi connectivity index (χ0v) is 10.4. The van der Waals surface area contributed by atoms with Crippen molar-refractivity contribution in [2.75, 3.05) is 11.9 Å². The van der Waals surface area contributed by atoms with E-state index in [-0.39, 0.29) is 0 Å². The number of hydrogen-bond acceptors (Lipinski definition) is 3. The highest BCUT2D eigenvalue weighted by molar-refractivity contribution is 6.29. The maximum atomic E-state index is 5.68. The quantitative estimate of drug-likeness (QED) is 0.879. The van der Waals surface area contributed by atoms with E-state index in [9.17, 15) is 0 Å². The Kier molecular flexibility index (Phi) is 3.99. The minimum atomic E-state index is 0.442. The van der Waals surface area contributed by atoms with Crippen LogP contribution in [-0.2, 0) is 0 Å². The number of anilines is 1. The highest BCUT2D eigenvalue weighted by Gasteiger charge is 2.18. The second-order valence-electron chi connectivity index (χ2n) is 4.76. The number of rotatable bonds is 3. The van der Waals surface area contributed by atoms with Gasteiger partial charge in [-0.2, -0.15) is 0 Å². The van der Waals surface area contributed by atoms with E-state index in [1.165, 1.54) is 25.7 Å². The van der Waals surface area contributed by atoms with Crippen LogP contribution < -0.4 is 5.32 Å². The molecule has 1 saturated carbocycles. The summed E-state index contributed by atoms with van der Waals surface area (Å²) in [6.45, 7) is 3.34. The molecule has 1 N–H and O–H groups in total. The predicted molar refractivity (Wildman–Crippen MR) is 66.7 cm³/mol. The third-order valence-corrected chi connectivity index (χ3v) is 3.45. The normalized spacial score (nSPS) is 25.4. The van der Waals surface area contributed by atoms with Gasteiger partial charge in [0.1, 0.15) is 5.82 Å². The fraction of sp³-hybridized carbons (Fsp3) is 0.667. The first-order valence-corrected chi connectivity index (χ1v) is 6.35. The lowest BCUT2D eigenvalue weighted by atomic mass is 9.82. The van der Waals surface area contributed by atoms with Crippen molar-refractivity contribution in [3.8, 4) is 0 Å². The summed E-state index contributed by atoms with van der Waals surface area (Å²) in [7, 11) is 0. The Hall–Kier alpha value is -0.830. The summed E-state index contributed by atoms with van der Waals surface area (Å²) in [5, 5.41) is 11.6. The Labute approximate surface area is 102 Å². The molecule has 4 heteroatoms. The van der Waals surface area contributed by atoms with Crippen molar-refractivity contribution in [2.24, 2.45) is 11.8 Å². The average molecular weight is 240 g/mol. The minimum Gasteiger partial charge on any atom is -0.368 e. The molecule has 0 aromatic carbocycles. The largest absolute Gasteiger partial charge is 0.368 e. The number of halogens is 1. The first kappa shape index (κ1) is 11.6. The molecule has 1 aliphatic rings. The Morgan fingerprint density at radius 1 is 1.38 bits per heavy atom. The molecule has 1 aromatic heterocycles. The lowest BCUT2D eigenvalue weighted by molar-refractivity contribution is 0.293. The van der Waals surface area contributed by atoms with Gasteiger partial charge in [0.2, 0.25) is 0 Å². The highest BCUT2D eigenvalue weighted by Crippen LogP contribution is 2.28. The maximum Gasteiger partial charge on any atom is 0.151 e. The van der Waals surface area contributed by atoms with Crippen LogP contribution in [0, 0.1) is 11.8 Å². The zero-order chi connectivity index (χ0) is 11.4. The van der Waals surface area contributed by atoms with Gasteiger partial charge in [0.25, 0.3) is 0 Å². The van der Waals surface area contributed by atoms with Gasteiger partial charge in [-0.25, -0.2) is 0 Å². The number of aromatic nitrogens is 2. The molecule has 2 atom stereocenters. The molecule has 0 radical (unpaired) electrons. The molecule has 0 saturated heterocycles. The molecule has 88 valence electrons. The number of nitrogens with zero attached hydrogens (tertiary/aromatic N) is 2. The predicted octanol–water partition coefficient (Wildman–Crippen LogP) is 3.37. The van der Waals surface area contributed by atoms with Gasteiger partial charge in [-0.1, -0.05) is 31.4 Å². The molecule has 2 unspecified atom stereocenters. The van der Waals surface area contributed by atoms with Crippen molar-refractivity contribution >= 4 is 17.4 Å². The highest BCUT2D eigenvalue weighted by atomic mass is 35.5. The van der Waals surface area contributed by atoms with E-state index < -0.39 is 0 Å². The Balaban J connectivity index is 1.80. The van der Waals surface area contributed by atoms with E-state index in [4.69, 9.17) is 11.6 Å². The maximum absolute atomic E-state index is 5.68. The van der Waals surface area contributed by atoms with E-state index >= 15 is 0 Å².